The van der Waals surface area contributed by atoms with Gasteiger partial charge in [0.1, 0.15) is 12.1 Å². The van der Waals surface area contributed by atoms with Gasteiger partial charge in [-0.3, -0.25) is 9.69 Å². The van der Waals surface area contributed by atoms with E-state index in [0.29, 0.717) is 6.54 Å². The number of rotatable bonds is 4. The fraction of sp³-hybridized carbons (Fsp3) is 0.833. The largest absolute Gasteiger partial charge is 0.444 e. The summed E-state index contributed by atoms with van der Waals surface area (Å²) in [5.41, 5.74) is -0.550. The molecule has 0 aromatic rings. The Kier molecular flexibility index (Phi) is 5.99. The number of hydrogen-bond acceptors (Lipinski definition) is 3. The average Bonchev–Trinajstić information content (AvgIpc) is 2.11. The van der Waals surface area contributed by atoms with Crippen molar-refractivity contribution in [3.8, 4) is 0 Å². The van der Waals surface area contributed by atoms with Gasteiger partial charge in [0, 0.05) is 12.6 Å². The Hall–Kier alpha value is -1.26. The minimum absolute atomic E-state index is 0.0282. The van der Waals surface area contributed by atoms with Gasteiger partial charge in [-0.05, 0) is 41.5 Å². The first kappa shape index (κ1) is 15.7. The van der Waals surface area contributed by atoms with Crippen LogP contribution in [0.15, 0.2) is 0 Å². The monoisotopic (exact) mass is 244 g/mol. The van der Waals surface area contributed by atoms with Crippen molar-refractivity contribution in [1.29, 1.82) is 0 Å². The molecule has 5 nitrogen and oxygen atoms in total. The van der Waals surface area contributed by atoms with Crippen LogP contribution in [0.1, 0.15) is 41.5 Å². The van der Waals surface area contributed by atoms with Crippen LogP contribution in [0.3, 0.4) is 0 Å². The molecule has 5 heteroatoms. The maximum atomic E-state index is 11.9. The summed E-state index contributed by atoms with van der Waals surface area (Å²) in [6.45, 7) is 11.5. The van der Waals surface area contributed by atoms with Crippen LogP contribution in [0.4, 0.5) is 4.79 Å². The summed E-state index contributed by atoms with van der Waals surface area (Å²) < 4.78 is 5.25. The quantitative estimate of drug-likeness (QED) is 0.820. The van der Waals surface area contributed by atoms with Crippen LogP contribution in [-0.4, -0.2) is 41.6 Å². The number of carbonyl (C=O) groups is 2. The van der Waals surface area contributed by atoms with E-state index >= 15 is 0 Å². The molecule has 0 spiro atoms. The number of likely N-dealkylation sites (N-methyl/N-ethyl adjacent to an activating group) is 1. The van der Waals surface area contributed by atoms with E-state index in [4.69, 9.17) is 4.74 Å². The van der Waals surface area contributed by atoms with E-state index in [1.165, 1.54) is 4.90 Å². The standard InChI is InChI=1S/C12H24N2O3/c1-7-13-10(15)8-14(9(2)3)11(16)17-12(4,5)6/h9H,7-8H2,1-6H3,(H,13,15). The molecule has 0 atom stereocenters. The molecule has 0 aromatic heterocycles. The smallest absolute Gasteiger partial charge is 0.410 e. The second-order valence-corrected chi connectivity index (χ2v) is 5.16. The fourth-order valence-electron chi connectivity index (χ4n) is 1.19. The van der Waals surface area contributed by atoms with Gasteiger partial charge in [0.15, 0.2) is 0 Å². The van der Waals surface area contributed by atoms with Gasteiger partial charge in [0.2, 0.25) is 5.91 Å². The maximum absolute atomic E-state index is 11.9. The number of amides is 2. The molecule has 0 fully saturated rings. The van der Waals surface area contributed by atoms with Crippen molar-refractivity contribution in [1.82, 2.24) is 10.2 Å². The molecule has 0 heterocycles. The van der Waals surface area contributed by atoms with Crippen molar-refractivity contribution in [2.75, 3.05) is 13.1 Å². The van der Waals surface area contributed by atoms with E-state index in [0.717, 1.165) is 0 Å². The molecule has 0 aliphatic rings. The lowest BCUT2D eigenvalue weighted by molar-refractivity contribution is -0.122. The number of nitrogens with one attached hydrogen (secondary N) is 1. The third-order valence-electron chi connectivity index (χ3n) is 1.94. The summed E-state index contributed by atoms with van der Waals surface area (Å²) in [5.74, 6) is -0.174. The summed E-state index contributed by atoms with van der Waals surface area (Å²) in [5, 5.41) is 2.66. The van der Waals surface area contributed by atoms with Gasteiger partial charge in [0.25, 0.3) is 0 Å². The molecule has 0 saturated heterocycles. The number of nitrogens with zero attached hydrogens (tertiary/aromatic N) is 1. The first-order valence-corrected chi connectivity index (χ1v) is 5.93. The van der Waals surface area contributed by atoms with E-state index in [9.17, 15) is 9.59 Å². The fourth-order valence-corrected chi connectivity index (χ4v) is 1.19. The van der Waals surface area contributed by atoms with E-state index < -0.39 is 11.7 Å². The first-order chi connectivity index (χ1) is 7.67. The van der Waals surface area contributed by atoms with Crippen LogP contribution >= 0.6 is 0 Å². The Labute approximate surface area is 103 Å². The van der Waals surface area contributed by atoms with Crippen molar-refractivity contribution >= 4 is 12.0 Å². The number of carbonyl (C=O) groups excluding carboxylic acids is 2. The van der Waals surface area contributed by atoms with E-state index in [1.807, 2.05) is 20.8 Å². The van der Waals surface area contributed by atoms with Crippen LogP contribution in [0.5, 0.6) is 0 Å². The van der Waals surface area contributed by atoms with E-state index in [-0.39, 0.29) is 18.5 Å². The molecule has 0 radical (unpaired) electrons. The van der Waals surface area contributed by atoms with Gasteiger partial charge < -0.3 is 10.1 Å². The van der Waals surface area contributed by atoms with Crippen LogP contribution < -0.4 is 5.32 Å². The zero-order valence-corrected chi connectivity index (χ0v) is 11.7. The van der Waals surface area contributed by atoms with Crippen LogP contribution in [0.25, 0.3) is 0 Å². The minimum atomic E-state index is -0.550. The average molecular weight is 244 g/mol. The minimum Gasteiger partial charge on any atom is -0.444 e. The molecule has 0 aromatic carbocycles. The Balaban J connectivity index is 4.53. The molecule has 0 aliphatic heterocycles. The molecular weight excluding hydrogens is 220 g/mol. The van der Waals surface area contributed by atoms with Crippen molar-refractivity contribution in [3.63, 3.8) is 0 Å². The Bertz CT molecular complexity index is 269. The van der Waals surface area contributed by atoms with Crippen molar-refractivity contribution < 1.29 is 14.3 Å². The predicted molar refractivity (Wildman–Crippen MR) is 66.8 cm³/mol. The molecule has 0 bridgehead atoms. The molecule has 0 rings (SSSR count). The molecule has 1 N–H and O–H groups in total. The second-order valence-electron chi connectivity index (χ2n) is 5.16. The molecule has 100 valence electrons. The Morgan fingerprint density at radius 2 is 1.82 bits per heavy atom. The van der Waals surface area contributed by atoms with Gasteiger partial charge in [-0.25, -0.2) is 4.79 Å². The molecule has 2 amide bonds. The van der Waals surface area contributed by atoms with Crippen molar-refractivity contribution in [2.24, 2.45) is 0 Å². The zero-order valence-electron chi connectivity index (χ0n) is 11.7. The van der Waals surface area contributed by atoms with Gasteiger partial charge in [-0.2, -0.15) is 0 Å². The van der Waals surface area contributed by atoms with Crippen LogP contribution in [0.2, 0.25) is 0 Å². The predicted octanol–water partition coefficient (Wildman–Crippen LogP) is 1.77. The third kappa shape index (κ3) is 6.81. The van der Waals surface area contributed by atoms with Crippen molar-refractivity contribution in [2.45, 2.75) is 53.2 Å². The van der Waals surface area contributed by atoms with Gasteiger partial charge in [-0.15, -0.1) is 0 Å². The lowest BCUT2D eigenvalue weighted by Gasteiger charge is -2.29. The Morgan fingerprint density at radius 1 is 1.29 bits per heavy atom. The summed E-state index contributed by atoms with van der Waals surface area (Å²) in [6.07, 6.45) is -0.459. The first-order valence-electron chi connectivity index (χ1n) is 5.93. The van der Waals surface area contributed by atoms with Gasteiger partial charge >= 0.3 is 6.09 Å². The highest BCUT2D eigenvalue weighted by atomic mass is 16.6. The van der Waals surface area contributed by atoms with Crippen molar-refractivity contribution in [3.05, 3.63) is 0 Å². The van der Waals surface area contributed by atoms with Gasteiger partial charge in [0.05, 0.1) is 0 Å². The number of ether oxygens (including phenoxy) is 1. The molecule has 0 unspecified atom stereocenters. The zero-order chi connectivity index (χ0) is 13.6. The summed E-state index contributed by atoms with van der Waals surface area (Å²) >= 11 is 0. The highest BCUT2D eigenvalue weighted by molar-refractivity contribution is 5.82. The normalized spacial score (nSPS) is 11.2. The lowest BCUT2D eigenvalue weighted by atomic mass is 10.2. The lowest BCUT2D eigenvalue weighted by Crippen LogP contribution is -2.46. The summed E-state index contributed by atoms with van der Waals surface area (Å²) in [4.78, 5) is 24.7. The molecular formula is C12H24N2O3. The third-order valence-corrected chi connectivity index (χ3v) is 1.94. The molecule has 0 aliphatic carbocycles. The molecule has 0 saturated carbocycles. The SMILES string of the molecule is CCNC(=O)CN(C(=O)OC(C)(C)C)C(C)C. The molecule has 17 heavy (non-hydrogen) atoms. The summed E-state index contributed by atoms with van der Waals surface area (Å²) in [7, 11) is 0. The van der Waals surface area contributed by atoms with Gasteiger partial charge in [-0.1, -0.05) is 0 Å². The van der Waals surface area contributed by atoms with E-state index in [1.54, 1.807) is 20.8 Å². The second kappa shape index (κ2) is 6.47. The van der Waals surface area contributed by atoms with E-state index in [2.05, 4.69) is 5.32 Å². The maximum Gasteiger partial charge on any atom is 0.410 e. The van der Waals surface area contributed by atoms with Crippen LogP contribution in [-0.2, 0) is 9.53 Å². The highest BCUT2D eigenvalue weighted by Gasteiger charge is 2.25. The topological polar surface area (TPSA) is 58.6 Å². The van der Waals surface area contributed by atoms with Crippen LogP contribution in [0, 0.1) is 0 Å². The number of hydrogen-bond donors (Lipinski definition) is 1. The highest BCUT2D eigenvalue weighted by Crippen LogP contribution is 2.11. The Morgan fingerprint density at radius 3 is 2.18 bits per heavy atom. The summed E-state index contributed by atoms with van der Waals surface area (Å²) in [6, 6.07) is -0.0764.